The number of benzene rings is 1. The molecule has 8 heteroatoms. The van der Waals surface area contributed by atoms with Crippen LogP contribution >= 0.6 is 0 Å². The predicted molar refractivity (Wildman–Crippen MR) is 76.7 cm³/mol. The molecule has 0 saturated heterocycles. The van der Waals surface area contributed by atoms with E-state index in [1.54, 1.807) is 0 Å². The Balaban J connectivity index is 3.04. The van der Waals surface area contributed by atoms with Crippen LogP contribution in [-0.4, -0.2) is 55.6 Å². The minimum Gasteiger partial charge on any atom is -0.496 e. The number of carboxylic acids is 1. The number of aliphatic carboxylic acids is 1. The normalized spacial score (nSPS) is 13.0. The molecule has 1 aromatic carbocycles. The number of carbonyl (C=O) groups is 2. The van der Waals surface area contributed by atoms with Crippen molar-refractivity contribution in [2.45, 2.75) is 12.5 Å². The first kappa shape index (κ1) is 17.6. The second-order valence-electron chi connectivity index (χ2n) is 4.67. The van der Waals surface area contributed by atoms with Gasteiger partial charge >= 0.3 is 5.97 Å². The fraction of sp³-hybridized carbons (Fsp3) is 0.429. The zero-order valence-corrected chi connectivity index (χ0v) is 12.8. The Kier molecular flexibility index (Phi) is 5.58. The summed E-state index contributed by atoms with van der Waals surface area (Å²) < 4.78 is 15.3. The summed E-state index contributed by atoms with van der Waals surface area (Å²) in [6.07, 6.45) is 0. The minimum atomic E-state index is -2.07. The van der Waals surface area contributed by atoms with Crippen molar-refractivity contribution in [1.82, 2.24) is 5.32 Å². The van der Waals surface area contributed by atoms with E-state index in [0.717, 1.165) is 6.92 Å². The van der Waals surface area contributed by atoms with Gasteiger partial charge in [0.15, 0.2) is 17.1 Å². The Hall–Kier alpha value is -2.48. The van der Waals surface area contributed by atoms with Crippen LogP contribution in [0.2, 0.25) is 0 Å². The van der Waals surface area contributed by atoms with E-state index in [1.165, 1.54) is 33.5 Å². The molecule has 3 N–H and O–H groups in total. The van der Waals surface area contributed by atoms with Crippen molar-refractivity contribution in [1.29, 1.82) is 0 Å². The van der Waals surface area contributed by atoms with E-state index < -0.39 is 24.0 Å². The van der Waals surface area contributed by atoms with Gasteiger partial charge in [-0.3, -0.25) is 4.79 Å². The average molecular weight is 313 g/mol. The molecule has 1 unspecified atom stereocenters. The lowest BCUT2D eigenvalue weighted by Gasteiger charge is -2.19. The standard InChI is InChI=1S/C14H19NO7/c1-14(19,13(17)18)7-15-12(16)8-5-10(21-3)11(22-4)6-9(8)20-2/h5-6,19H,7H2,1-4H3,(H,15,16)(H,17,18). The Morgan fingerprint density at radius 1 is 1.09 bits per heavy atom. The quantitative estimate of drug-likeness (QED) is 0.662. The lowest BCUT2D eigenvalue weighted by molar-refractivity contribution is -0.155. The van der Waals surface area contributed by atoms with Gasteiger partial charge in [-0.2, -0.15) is 0 Å². The second-order valence-corrected chi connectivity index (χ2v) is 4.67. The van der Waals surface area contributed by atoms with Gasteiger partial charge in [0.25, 0.3) is 5.91 Å². The van der Waals surface area contributed by atoms with Crippen molar-refractivity contribution >= 4 is 11.9 Å². The fourth-order valence-electron chi connectivity index (χ4n) is 1.63. The average Bonchev–Trinajstić information content (AvgIpc) is 2.50. The van der Waals surface area contributed by atoms with Gasteiger partial charge in [-0.15, -0.1) is 0 Å². The van der Waals surface area contributed by atoms with Gasteiger partial charge in [0.2, 0.25) is 0 Å². The Bertz CT molecular complexity index is 569. The van der Waals surface area contributed by atoms with Crippen molar-refractivity contribution in [2.24, 2.45) is 0 Å². The molecule has 0 radical (unpaired) electrons. The number of ether oxygens (including phenoxy) is 3. The monoisotopic (exact) mass is 313 g/mol. The lowest BCUT2D eigenvalue weighted by atomic mass is 10.1. The molecule has 1 aromatic rings. The zero-order valence-electron chi connectivity index (χ0n) is 12.8. The minimum absolute atomic E-state index is 0.126. The highest BCUT2D eigenvalue weighted by Gasteiger charge is 2.31. The summed E-state index contributed by atoms with van der Waals surface area (Å²) >= 11 is 0. The first-order valence-corrected chi connectivity index (χ1v) is 6.30. The highest BCUT2D eigenvalue weighted by Crippen LogP contribution is 2.34. The Morgan fingerprint density at radius 3 is 2.05 bits per heavy atom. The Labute approximate surface area is 127 Å². The van der Waals surface area contributed by atoms with E-state index in [1.807, 2.05) is 0 Å². The first-order valence-electron chi connectivity index (χ1n) is 6.30. The predicted octanol–water partition coefficient (Wildman–Crippen LogP) is 0.278. The van der Waals surface area contributed by atoms with Crippen LogP contribution in [0.3, 0.4) is 0 Å². The maximum atomic E-state index is 12.2. The van der Waals surface area contributed by atoms with Gasteiger partial charge in [0.05, 0.1) is 33.4 Å². The fourth-order valence-corrected chi connectivity index (χ4v) is 1.63. The summed E-state index contributed by atoms with van der Waals surface area (Å²) in [6.45, 7) is 0.625. The van der Waals surface area contributed by atoms with Crippen LogP contribution in [0, 0.1) is 0 Å². The van der Waals surface area contributed by atoms with Crippen molar-refractivity contribution in [3.05, 3.63) is 17.7 Å². The van der Waals surface area contributed by atoms with Crippen LogP contribution in [0.25, 0.3) is 0 Å². The highest BCUT2D eigenvalue weighted by atomic mass is 16.5. The number of carbonyl (C=O) groups excluding carboxylic acids is 1. The largest absolute Gasteiger partial charge is 0.496 e. The SMILES string of the molecule is COc1cc(OC)c(C(=O)NCC(C)(O)C(=O)O)cc1OC. The molecule has 0 aliphatic heterocycles. The van der Waals surface area contributed by atoms with E-state index in [9.17, 15) is 14.7 Å². The second kappa shape index (κ2) is 6.99. The van der Waals surface area contributed by atoms with Gasteiger partial charge in [-0.05, 0) is 6.92 Å². The van der Waals surface area contributed by atoms with E-state index in [2.05, 4.69) is 5.32 Å². The molecule has 0 aromatic heterocycles. The number of rotatable bonds is 7. The van der Waals surface area contributed by atoms with Crippen LogP contribution in [0.1, 0.15) is 17.3 Å². The van der Waals surface area contributed by atoms with E-state index in [-0.39, 0.29) is 11.3 Å². The Morgan fingerprint density at radius 2 is 1.59 bits per heavy atom. The molecule has 1 rings (SSSR count). The number of carboxylic acid groups (broad SMARTS) is 1. The van der Waals surface area contributed by atoms with Gasteiger partial charge < -0.3 is 29.7 Å². The third-order valence-electron chi connectivity index (χ3n) is 3.00. The van der Waals surface area contributed by atoms with Crippen LogP contribution in [0.15, 0.2) is 12.1 Å². The summed E-state index contributed by atoms with van der Waals surface area (Å²) in [4.78, 5) is 23.0. The maximum absolute atomic E-state index is 12.2. The van der Waals surface area contributed by atoms with Gasteiger partial charge in [0, 0.05) is 12.1 Å². The summed E-state index contributed by atoms with van der Waals surface area (Å²) in [5.74, 6) is -1.12. The smallest absolute Gasteiger partial charge is 0.337 e. The van der Waals surface area contributed by atoms with Gasteiger partial charge in [0.1, 0.15) is 5.75 Å². The third kappa shape index (κ3) is 3.79. The molecule has 0 fully saturated rings. The van der Waals surface area contributed by atoms with Crippen molar-refractivity contribution in [2.75, 3.05) is 27.9 Å². The molecule has 0 saturated carbocycles. The van der Waals surface area contributed by atoms with Gasteiger partial charge in [-0.25, -0.2) is 4.79 Å². The summed E-state index contributed by atoms with van der Waals surface area (Å²) in [7, 11) is 4.24. The number of amides is 1. The van der Waals surface area contributed by atoms with Crippen LogP contribution in [0.4, 0.5) is 0 Å². The number of hydrogen-bond donors (Lipinski definition) is 3. The summed E-state index contributed by atoms with van der Waals surface area (Å²) in [5.41, 5.74) is -1.94. The zero-order chi connectivity index (χ0) is 16.9. The van der Waals surface area contributed by atoms with Crippen molar-refractivity contribution in [3.8, 4) is 17.2 Å². The number of aliphatic hydroxyl groups is 1. The van der Waals surface area contributed by atoms with Crippen molar-refractivity contribution in [3.63, 3.8) is 0 Å². The van der Waals surface area contributed by atoms with Gasteiger partial charge in [-0.1, -0.05) is 0 Å². The molecular weight excluding hydrogens is 294 g/mol. The van der Waals surface area contributed by atoms with Crippen molar-refractivity contribution < 1.29 is 34.0 Å². The molecule has 22 heavy (non-hydrogen) atoms. The van der Waals surface area contributed by atoms with Crippen LogP contribution in [-0.2, 0) is 4.79 Å². The van der Waals surface area contributed by atoms with E-state index in [4.69, 9.17) is 19.3 Å². The molecule has 0 aliphatic rings. The molecule has 8 nitrogen and oxygen atoms in total. The topological polar surface area (TPSA) is 114 Å². The lowest BCUT2D eigenvalue weighted by Crippen LogP contribution is -2.46. The van der Waals surface area contributed by atoms with Crippen LogP contribution in [0.5, 0.6) is 17.2 Å². The molecule has 1 amide bonds. The molecule has 0 heterocycles. The molecule has 0 aliphatic carbocycles. The molecular formula is C14H19NO7. The maximum Gasteiger partial charge on any atom is 0.337 e. The summed E-state index contributed by atoms with van der Waals surface area (Å²) in [6, 6.07) is 2.88. The number of hydrogen-bond acceptors (Lipinski definition) is 6. The van der Waals surface area contributed by atoms with E-state index >= 15 is 0 Å². The molecule has 1 atom stereocenters. The molecule has 0 bridgehead atoms. The number of nitrogens with one attached hydrogen (secondary N) is 1. The number of methoxy groups -OCH3 is 3. The first-order chi connectivity index (χ1) is 10.3. The van der Waals surface area contributed by atoms with E-state index in [0.29, 0.717) is 11.5 Å². The molecule has 0 spiro atoms. The van der Waals surface area contributed by atoms with Crippen LogP contribution < -0.4 is 19.5 Å². The summed E-state index contributed by atoms with van der Waals surface area (Å²) in [5, 5.41) is 20.8. The highest BCUT2D eigenvalue weighted by molar-refractivity contribution is 5.98. The molecule has 122 valence electrons. The third-order valence-corrected chi connectivity index (χ3v) is 3.00.